The molecule has 0 aromatic carbocycles. The topological polar surface area (TPSA) is 58.6 Å². The van der Waals surface area contributed by atoms with Crippen LogP contribution in [0.3, 0.4) is 0 Å². The number of carbonyl (C=O) groups is 1. The van der Waals surface area contributed by atoms with E-state index < -0.39 is 11.5 Å². The number of hydrogen-bond acceptors (Lipinski definition) is 3. The molecule has 4 heteroatoms. The predicted octanol–water partition coefficient (Wildman–Crippen LogP) is 2.32. The monoisotopic (exact) mass is 255 g/mol. The van der Waals surface area contributed by atoms with Crippen molar-refractivity contribution in [1.29, 1.82) is 0 Å². The van der Waals surface area contributed by atoms with Crippen LogP contribution < -0.4 is 5.32 Å². The van der Waals surface area contributed by atoms with Crippen molar-refractivity contribution in [1.82, 2.24) is 5.32 Å². The molecule has 2 rings (SSSR count). The summed E-state index contributed by atoms with van der Waals surface area (Å²) in [5.74, 6) is -0.721. The average Bonchev–Trinajstić information content (AvgIpc) is 2.34. The lowest BCUT2D eigenvalue weighted by Gasteiger charge is -2.48. The lowest BCUT2D eigenvalue weighted by molar-refractivity contribution is -0.152. The highest BCUT2D eigenvalue weighted by Gasteiger charge is 2.45. The maximum absolute atomic E-state index is 11.5. The van der Waals surface area contributed by atoms with Crippen molar-refractivity contribution in [3.05, 3.63) is 0 Å². The van der Waals surface area contributed by atoms with Crippen LogP contribution >= 0.6 is 0 Å². The second-order valence-corrected chi connectivity index (χ2v) is 5.81. The summed E-state index contributed by atoms with van der Waals surface area (Å²) < 4.78 is 5.89. The molecule has 1 aliphatic heterocycles. The van der Waals surface area contributed by atoms with Crippen molar-refractivity contribution in [2.75, 3.05) is 6.61 Å². The Balaban J connectivity index is 2.00. The average molecular weight is 255 g/mol. The lowest BCUT2D eigenvalue weighted by Crippen LogP contribution is -2.59. The molecular formula is C14H25NO3. The highest BCUT2D eigenvalue weighted by molar-refractivity contribution is 5.78. The zero-order valence-corrected chi connectivity index (χ0v) is 11.5. The molecule has 18 heavy (non-hydrogen) atoms. The summed E-state index contributed by atoms with van der Waals surface area (Å²) in [6.45, 7) is 4.66. The molecule has 1 unspecified atom stereocenters. The molecular weight excluding hydrogens is 230 g/mol. The van der Waals surface area contributed by atoms with E-state index in [1.807, 2.05) is 13.8 Å². The van der Waals surface area contributed by atoms with Crippen LogP contribution in [0.25, 0.3) is 0 Å². The fourth-order valence-electron chi connectivity index (χ4n) is 3.28. The van der Waals surface area contributed by atoms with E-state index in [0.717, 1.165) is 32.3 Å². The molecule has 1 atom stereocenters. The third-order valence-electron chi connectivity index (χ3n) is 4.85. The highest BCUT2D eigenvalue weighted by Crippen LogP contribution is 2.42. The smallest absolute Gasteiger partial charge is 0.323 e. The van der Waals surface area contributed by atoms with E-state index in [9.17, 15) is 9.90 Å². The van der Waals surface area contributed by atoms with Crippen LogP contribution in [0.2, 0.25) is 0 Å². The van der Waals surface area contributed by atoms with Crippen molar-refractivity contribution in [2.24, 2.45) is 0 Å². The molecule has 4 nitrogen and oxygen atoms in total. The minimum absolute atomic E-state index is 0.0711. The van der Waals surface area contributed by atoms with Gasteiger partial charge in [-0.05, 0) is 44.9 Å². The van der Waals surface area contributed by atoms with E-state index in [4.69, 9.17) is 4.74 Å². The molecule has 0 radical (unpaired) electrons. The minimum atomic E-state index is -0.757. The number of hydrogen-bond donors (Lipinski definition) is 2. The van der Waals surface area contributed by atoms with E-state index in [1.54, 1.807) is 0 Å². The van der Waals surface area contributed by atoms with E-state index in [1.165, 1.54) is 6.42 Å². The Hall–Kier alpha value is -0.610. The molecule has 104 valence electrons. The molecule has 0 amide bonds. The third kappa shape index (κ3) is 2.41. The summed E-state index contributed by atoms with van der Waals surface area (Å²) in [4.78, 5) is 11.5. The molecule has 2 fully saturated rings. The first-order valence-corrected chi connectivity index (χ1v) is 7.21. The summed E-state index contributed by atoms with van der Waals surface area (Å²) in [7, 11) is 0. The molecule has 1 spiro atoms. The van der Waals surface area contributed by atoms with Gasteiger partial charge in [0, 0.05) is 12.6 Å². The Morgan fingerprint density at radius 2 is 2.11 bits per heavy atom. The normalized spacial score (nSPS) is 26.9. The van der Waals surface area contributed by atoms with Gasteiger partial charge >= 0.3 is 5.97 Å². The van der Waals surface area contributed by atoms with Gasteiger partial charge < -0.3 is 9.84 Å². The van der Waals surface area contributed by atoms with Crippen LogP contribution in [0.15, 0.2) is 0 Å². The van der Waals surface area contributed by atoms with Gasteiger partial charge in [0.25, 0.3) is 0 Å². The first kappa shape index (κ1) is 13.8. The second-order valence-electron chi connectivity index (χ2n) is 5.81. The van der Waals surface area contributed by atoms with Gasteiger partial charge in [0.2, 0.25) is 0 Å². The van der Waals surface area contributed by atoms with E-state index in [2.05, 4.69) is 5.32 Å². The largest absolute Gasteiger partial charge is 0.480 e. The van der Waals surface area contributed by atoms with Gasteiger partial charge in [-0.15, -0.1) is 0 Å². The summed E-state index contributed by atoms with van der Waals surface area (Å²) >= 11 is 0. The van der Waals surface area contributed by atoms with Gasteiger partial charge in [0.15, 0.2) is 0 Å². The first-order valence-electron chi connectivity index (χ1n) is 7.21. The summed E-state index contributed by atoms with van der Waals surface area (Å²) in [5.41, 5.74) is -0.686. The number of rotatable bonds is 5. The van der Waals surface area contributed by atoms with Gasteiger partial charge in [-0.25, -0.2) is 0 Å². The van der Waals surface area contributed by atoms with Gasteiger partial charge in [0.1, 0.15) is 5.54 Å². The molecule has 1 saturated heterocycles. The van der Waals surface area contributed by atoms with Gasteiger partial charge in [-0.2, -0.15) is 0 Å². The zero-order valence-electron chi connectivity index (χ0n) is 11.5. The van der Waals surface area contributed by atoms with Gasteiger partial charge in [-0.3, -0.25) is 10.1 Å². The number of nitrogens with one attached hydrogen (secondary N) is 1. The Labute approximate surface area is 109 Å². The molecule has 0 bridgehead atoms. The van der Waals surface area contributed by atoms with Crippen molar-refractivity contribution >= 4 is 5.97 Å². The van der Waals surface area contributed by atoms with Crippen LogP contribution in [0.5, 0.6) is 0 Å². The molecule has 1 heterocycles. The summed E-state index contributed by atoms with van der Waals surface area (Å²) in [6, 6.07) is 0.287. The molecule has 0 aromatic rings. The van der Waals surface area contributed by atoms with Crippen molar-refractivity contribution in [3.63, 3.8) is 0 Å². The quantitative estimate of drug-likeness (QED) is 0.791. The van der Waals surface area contributed by atoms with Crippen LogP contribution in [-0.2, 0) is 9.53 Å². The van der Waals surface area contributed by atoms with E-state index in [-0.39, 0.29) is 11.6 Å². The molecule has 2 N–H and O–H groups in total. The van der Waals surface area contributed by atoms with Gasteiger partial charge in [0.05, 0.1) is 5.60 Å². The van der Waals surface area contributed by atoms with Crippen molar-refractivity contribution < 1.29 is 14.6 Å². The second kappa shape index (κ2) is 5.17. The summed E-state index contributed by atoms with van der Waals surface area (Å²) in [5, 5.41) is 12.9. The number of ether oxygens (including phenoxy) is 1. The number of carboxylic acids is 1. The van der Waals surface area contributed by atoms with Crippen LogP contribution in [0, 0.1) is 0 Å². The van der Waals surface area contributed by atoms with E-state index in [0.29, 0.717) is 12.8 Å². The Morgan fingerprint density at radius 1 is 1.44 bits per heavy atom. The number of carboxylic acid groups (broad SMARTS) is 1. The highest BCUT2D eigenvalue weighted by atomic mass is 16.5. The molecule has 1 aliphatic carbocycles. The maximum atomic E-state index is 11.5. The fourth-order valence-corrected chi connectivity index (χ4v) is 3.28. The van der Waals surface area contributed by atoms with Crippen LogP contribution in [0.1, 0.15) is 58.8 Å². The van der Waals surface area contributed by atoms with Gasteiger partial charge in [-0.1, -0.05) is 13.8 Å². The molecule has 2 aliphatic rings. The fraction of sp³-hybridized carbons (Fsp3) is 0.929. The molecule has 0 aromatic heterocycles. The maximum Gasteiger partial charge on any atom is 0.323 e. The Kier molecular flexibility index (Phi) is 3.97. The Morgan fingerprint density at radius 3 is 2.56 bits per heavy atom. The third-order valence-corrected chi connectivity index (χ3v) is 4.85. The van der Waals surface area contributed by atoms with Crippen LogP contribution in [0.4, 0.5) is 0 Å². The minimum Gasteiger partial charge on any atom is -0.480 e. The van der Waals surface area contributed by atoms with Crippen molar-refractivity contribution in [2.45, 2.75) is 76.0 Å². The predicted molar refractivity (Wildman–Crippen MR) is 69.6 cm³/mol. The van der Waals surface area contributed by atoms with E-state index >= 15 is 0 Å². The zero-order chi connectivity index (χ0) is 13.2. The first-order chi connectivity index (χ1) is 8.56. The van der Waals surface area contributed by atoms with Crippen LogP contribution in [-0.4, -0.2) is 34.9 Å². The van der Waals surface area contributed by atoms with Crippen molar-refractivity contribution in [3.8, 4) is 0 Å². The lowest BCUT2D eigenvalue weighted by atomic mass is 9.73. The number of aliphatic carboxylic acids is 1. The summed E-state index contributed by atoms with van der Waals surface area (Å²) in [6.07, 6.45) is 6.69. The SMILES string of the molecule is CCC(CC)(NC1CCOC2(CCC2)C1)C(=O)O. The standard InChI is InChI=1S/C14H25NO3/c1-3-14(4-2,12(16)17)15-11-6-9-18-13(10-11)7-5-8-13/h11,15H,3-10H2,1-2H3,(H,16,17). The Bertz CT molecular complexity index is 308. The molecule has 1 saturated carbocycles.